The summed E-state index contributed by atoms with van der Waals surface area (Å²) in [6, 6.07) is 16.6. The van der Waals surface area contributed by atoms with Crippen LogP contribution in [0.3, 0.4) is 0 Å². The van der Waals surface area contributed by atoms with E-state index in [-0.39, 0.29) is 18.0 Å². The summed E-state index contributed by atoms with van der Waals surface area (Å²) < 4.78 is 35.8. The maximum atomic E-state index is 13.2. The Hall–Kier alpha value is -4.16. The number of urea groups is 1. The van der Waals surface area contributed by atoms with Crippen LogP contribution in [0, 0.1) is 0 Å². The highest BCUT2D eigenvalue weighted by Crippen LogP contribution is 2.29. The summed E-state index contributed by atoms with van der Waals surface area (Å²) in [4.78, 5) is 34.0. The predicted octanol–water partition coefficient (Wildman–Crippen LogP) is 5.42. The lowest BCUT2D eigenvalue weighted by Crippen LogP contribution is -2.39. The van der Waals surface area contributed by atoms with Crippen LogP contribution in [0.5, 0.6) is 0 Å². The molecule has 226 valence electrons. The molecule has 12 heteroatoms. The standard InChI is InChI=1S/C31H35N5O5S2/c1-4-6-13-27-34-29(42-3)28(30(37)41-5-2)36(27)21-22-14-16-24(17-15-22)25-11-7-8-12-26(25)43(39,40)35-31(38)33-20-23-10-9-18-32-19-23/h7-12,14-19H,4-6,13,20-21H2,1-3H3,(H2,33,35,38). The number of hydrogen-bond donors (Lipinski definition) is 2. The van der Waals surface area contributed by atoms with E-state index in [1.807, 2.05) is 35.1 Å². The molecule has 0 aliphatic heterocycles. The second kappa shape index (κ2) is 14.8. The number of imidazole rings is 1. The van der Waals surface area contributed by atoms with Crippen molar-refractivity contribution in [1.29, 1.82) is 0 Å². The van der Waals surface area contributed by atoms with E-state index in [2.05, 4.69) is 21.9 Å². The van der Waals surface area contributed by atoms with Gasteiger partial charge in [0, 0.05) is 37.5 Å². The van der Waals surface area contributed by atoms with Gasteiger partial charge < -0.3 is 14.6 Å². The normalized spacial score (nSPS) is 11.2. The first-order chi connectivity index (χ1) is 20.8. The molecule has 0 bridgehead atoms. The number of ether oxygens (including phenoxy) is 1. The van der Waals surface area contributed by atoms with E-state index < -0.39 is 22.0 Å². The minimum absolute atomic E-state index is 0.0232. The summed E-state index contributed by atoms with van der Waals surface area (Å²) in [5.41, 5.74) is 3.19. The minimum atomic E-state index is -4.18. The minimum Gasteiger partial charge on any atom is -0.461 e. The van der Waals surface area contributed by atoms with Crippen molar-refractivity contribution in [2.75, 3.05) is 12.9 Å². The van der Waals surface area contributed by atoms with Crippen molar-refractivity contribution in [1.82, 2.24) is 24.6 Å². The van der Waals surface area contributed by atoms with Crippen LogP contribution in [-0.4, -0.2) is 47.8 Å². The number of hydrogen-bond acceptors (Lipinski definition) is 8. The summed E-state index contributed by atoms with van der Waals surface area (Å²) in [5, 5.41) is 3.18. The van der Waals surface area contributed by atoms with Gasteiger partial charge in [-0.1, -0.05) is 61.9 Å². The number of thioether (sulfide) groups is 1. The van der Waals surface area contributed by atoms with Crippen LogP contribution in [-0.2, 0) is 34.3 Å². The fourth-order valence-corrected chi connectivity index (χ4v) is 6.26. The molecule has 43 heavy (non-hydrogen) atoms. The third-order valence-electron chi connectivity index (χ3n) is 6.62. The number of unbranched alkanes of at least 4 members (excludes halogenated alkanes) is 1. The quantitative estimate of drug-likeness (QED) is 0.149. The average molecular weight is 622 g/mol. The molecule has 2 N–H and O–H groups in total. The monoisotopic (exact) mass is 621 g/mol. The zero-order valence-corrected chi connectivity index (χ0v) is 26.0. The van der Waals surface area contributed by atoms with Crippen LogP contribution in [0.15, 0.2) is 83.0 Å². The first-order valence-electron chi connectivity index (χ1n) is 14.0. The number of esters is 1. The third-order valence-corrected chi connectivity index (χ3v) is 8.68. The van der Waals surface area contributed by atoms with Gasteiger partial charge >= 0.3 is 12.0 Å². The summed E-state index contributed by atoms with van der Waals surface area (Å²) in [6.07, 6.45) is 7.75. The Morgan fingerprint density at radius 3 is 2.44 bits per heavy atom. The smallest absolute Gasteiger partial charge is 0.357 e. The van der Waals surface area contributed by atoms with E-state index in [1.165, 1.54) is 17.8 Å². The molecule has 0 radical (unpaired) electrons. The number of nitrogens with zero attached hydrogens (tertiary/aromatic N) is 3. The largest absolute Gasteiger partial charge is 0.461 e. The van der Waals surface area contributed by atoms with Gasteiger partial charge in [0.05, 0.1) is 11.5 Å². The predicted molar refractivity (Wildman–Crippen MR) is 166 cm³/mol. The molecule has 0 fully saturated rings. The molecule has 2 aromatic carbocycles. The van der Waals surface area contributed by atoms with Gasteiger partial charge in [-0.25, -0.2) is 27.7 Å². The van der Waals surface area contributed by atoms with E-state index in [1.54, 1.807) is 49.6 Å². The number of aryl methyl sites for hydroxylation is 1. The zero-order valence-electron chi connectivity index (χ0n) is 24.4. The summed E-state index contributed by atoms with van der Waals surface area (Å²) >= 11 is 1.41. The van der Waals surface area contributed by atoms with E-state index in [9.17, 15) is 18.0 Å². The number of benzene rings is 2. The Kier molecular flexibility index (Phi) is 11.0. The number of sulfonamides is 1. The number of nitrogens with one attached hydrogen (secondary N) is 2. The van der Waals surface area contributed by atoms with E-state index in [0.29, 0.717) is 28.4 Å². The van der Waals surface area contributed by atoms with Gasteiger partial charge in [-0.3, -0.25) is 4.98 Å². The molecule has 0 unspecified atom stereocenters. The van der Waals surface area contributed by atoms with Crippen molar-refractivity contribution in [3.8, 4) is 11.1 Å². The molecule has 0 saturated heterocycles. The van der Waals surface area contributed by atoms with Gasteiger partial charge in [0.1, 0.15) is 10.9 Å². The van der Waals surface area contributed by atoms with Gasteiger partial charge in [0.25, 0.3) is 10.0 Å². The maximum Gasteiger partial charge on any atom is 0.357 e. The second-order valence-corrected chi connectivity index (χ2v) is 12.1. The third kappa shape index (κ3) is 8.02. The Bertz CT molecular complexity index is 1660. The van der Waals surface area contributed by atoms with Crippen molar-refractivity contribution in [2.45, 2.75) is 56.1 Å². The van der Waals surface area contributed by atoms with Crippen LogP contribution < -0.4 is 10.0 Å². The van der Waals surface area contributed by atoms with Crippen molar-refractivity contribution in [3.05, 3.63) is 95.7 Å². The Morgan fingerprint density at radius 2 is 1.77 bits per heavy atom. The zero-order chi connectivity index (χ0) is 30.8. The molecule has 0 aliphatic rings. The van der Waals surface area contributed by atoms with Crippen molar-refractivity contribution >= 4 is 33.8 Å². The van der Waals surface area contributed by atoms with Gasteiger partial charge in [-0.2, -0.15) is 0 Å². The summed E-state index contributed by atoms with van der Waals surface area (Å²) in [5.74, 6) is 0.414. The molecule has 0 aliphatic carbocycles. The van der Waals surface area contributed by atoms with Gasteiger partial charge in [-0.05, 0) is 48.4 Å². The highest BCUT2D eigenvalue weighted by molar-refractivity contribution is 7.98. The fourth-order valence-electron chi connectivity index (χ4n) is 4.52. The van der Waals surface area contributed by atoms with Crippen LogP contribution >= 0.6 is 11.8 Å². The molecule has 0 saturated carbocycles. The van der Waals surface area contributed by atoms with Gasteiger partial charge in [0.15, 0.2) is 5.69 Å². The van der Waals surface area contributed by atoms with Crippen molar-refractivity contribution < 1.29 is 22.7 Å². The molecule has 0 spiro atoms. The molecule has 4 aromatic rings. The maximum absolute atomic E-state index is 13.2. The highest BCUT2D eigenvalue weighted by Gasteiger charge is 2.25. The lowest BCUT2D eigenvalue weighted by atomic mass is 10.0. The molecule has 2 amide bonds. The summed E-state index contributed by atoms with van der Waals surface area (Å²) in [6.45, 7) is 4.68. The average Bonchev–Trinajstić information content (AvgIpc) is 3.36. The molecule has 4 rings (SSSR count). The number of rotatable bonds is 13. The number of carbonyl (C=O) groups excluding carboxylic acids is 2. The van der Waals surface area contributed by atoms with Crippen LogP contribution in [0.1, 0.15) is 54.1 Å². The van der Waals surface area contributed by atoms with Crippen molar-refractivity contribution in [2.24, 2.45) is 0 Å². The van der Waals surface area contributed by atoms with E-state index in [0.717, 1.165) is 36.2 Å². The molecular weight excluding hydrogens is 587 g/mol. The number of amides is 2. The lowest BCUT2D eigenvalue weighted by molar-refractivity contribution is 0.0509. The van der Waals surface area contributed by atoms with E-state index >= 15 is 0 Å². The van der Waals surface area contributed by atoms with Gasteiger partial charge in [-0.15, -0.1) is 11.8 Å². The van der Waals surface area contributed by atoms with Crippen LogP contribution in [0.2, 0.25) is 0 Å². The molecule has 2 aromatic heterocycles. The first kappa shape index (κ1) is 31.8. The molecular formula is C31H35N5O5S2. The first-order valence-corrected chi connectivity index (χ1v) is 16.7. The Balaban J connectivity index is 1.57. The molecule has 10 nitrogen and oxygen atoms in total. The highest BCUT2D eigenvalue weighted by atomic mass is 32.2. The van der Waals surface area contributed by atoms with Crippen LogP contribution in [0.25, 0.3) is 11.1 Å². The molecule has 0 atom stereocenters. The topological polar surface area (TPSA) is 132 Å². The Labute approximate surface area is 256 Å². The number of carbonyl (C=O) groups is 2. The molecule has 2 heterocycles. The summed E-state index contributed by atoms with van der Waals surface area (Å²) in [7, 11) is -4.18. The fraction of sp³-hybridized carbons (Fsp3) is 0.290. The lowest BCUT2D eigenvalue weighted by Gasteiger charge is -2.14. The van der Waals surface area contributed by atoms with Crippen molar-refractivity contribution in [3.63, 3.8) is 0 Å². The number of pyridine rings is 1. The Morgan fingerprint density at radius 1 is 1.00 bits per heavy atom. The second-order valence-electron chi connectivity index (χ2n) is 9.64. The SMILES string of the molecule is CCCCc1nc(SC)c(C(=O)OCC)n1Cc1ccc(-c2ccccc2S(=O)(=O)NC(=O)NCc2cccnc2)cc1. The number of aromatic nitrogens is 3. The van der Waals surface area contributed by atoms with Gasteiger partial charge in [0.2, 0.25) is 0 Å². The van der Waals surface area contributed by atoms with E-state index in [4.69, 9.17) is 9.72 Å². The van der Waals surface area contributed by atoms with Crippen LogP contribution in [0.4, 0.5) is 4.79 Å².